The van der Waals surface area contributed by atoms with Crippen LogP contribution in [0.4, 0.5) is 4.39 Å². The highest BCUT2D eigenvalue weighted by Crippen LogP contribution is 2.36. The average Bonchev–Trinajstić information content (AvgIpc) is 2.67. The van der Waals surface area contributed by atoms with E-state index in [1.165, 1.54) is 18.2 Å². The summed E-state index contributed by atoms with van der Waals surface area (Å²) in [5.74, 6) is -0.602. The van der Waals surface area contributed by atoms with Gasteiger partial charge in [-0.15, -0.1) is 0 Å². The van der Waals surface area contributed by atoms with Gasteiger partial charge in [-0.25, -0.2) is 4.39 Å². The van der Waals surface area contributed by atoms with Crippen LogP contribution < -0.4 is 0 Å². The highest BCUT2D eigenvalue weighted by molar-refractivity contribution is 5.98. The van der Waals surface area contributed by atoms with Crippen LogP contribution in [0.15, 0.2) is 42.5 Å². The molecular weight excluding hydrogens is 233 g/mol. The second-order valence-corrected chi connectivity index (χ2v) is 4.09. The molecule has 1 aromatic heterocycles. The van der Waals surface area contributed by atoms with Gasteiger partial charge in [-0.3, -0.25) is 4.98 Å². The Bertz CT molecular complexity index is 734. The van der Waals surface area contributed by atoms with Gasteiger partial charge in [0.25, 0.3) is 0 Å². The Morgan fingerprint density at radius 2 is 1.78 bits per heavy atom. The van der Waals surface area contributed by atoms with Gasteiger partial charge in [-0.2, -0.15) is 0 Å². The Balaban J connectivity index is 2.35. The number of benzene rings is 2. The lowest BCUT2D eigenvalue weighted by Gasteiger charge is -2.05. The zero-order chi connectivity index (χ0) is 12.7. The first-order valence-corrected chi connectivity index (χ1v) is 5.45. The number of aromatic amines is 1. The van der Waals surface area contributed by atoms with Crippen molar-refractivity contribution in [1.82, 2.24) is 4.98 Å². The summed E-state index contributed by atoms with van der Waals surface area (Å²) in [7, 11) is 0. The van der Waals surface area contributed by atoms with Crippen LogP contribution in [0.25, 0.3) is 21.9 Å². The Kier molecular flexibility index (Phi) is 2.23. The minimum atomic E-state index is -0.339. The molecule has 2 aromatic carbocycles. The normalized spacial score (nSPS) is 10.9. The van der Waals surface area contributed by atoms with Crippen LogP contribution in [0.1, 0.15) is 0 Å². The number of nitrogens with one attached hydrogen (secondary N) is 1. The van der Waals surface area contributed by atoms with Gasteiger partial charge in [-0.05, 0) is 28.5 Å². The van der Waals surface area contributed by atoms with Crippen LogP contribution in [0, 0.1) is 5.82 Å². The van der Waals surface area contributed by atoms with Crippen molar-refractivity contribution in [1.29, 1.82) is 0 Å². The molecule has 3 aromatic rings. The number of hydrogen-bond donors (Lipinski definition) is 3. The number of rotatable bonds is 1. The lowest BCUT2D eigenvalue weighted by atomic mass is 10.00. The SMILES string of the molecule is Oc1cc(-c2cccc3ccc(F)cc23)c(O)[nH]1. The highest BCUT2D eigenvalue weighted by Gasteiger charge is 2.12. The quantitative estimate of drug-likeness (QED) is 0.613. The van der Waals surface area contributed by atoms with E-state index in [0.717, 1.165) is 5.39 Å². The topological polar surface area (TPSA) is 56.2 Å². The number of H-pyrrole nitrogens is 1. The molecule has 3 nitrogen and oxygen atoms in total. The summed E-state index contributed by atoms with van der Waals surface area (Å²) < 4.78 is 13.3. The van der Waals surface area contributed by atoms with Crippen molar-refractivity contribution in [2.24, 2.45) is 0 Å². The van der Waals surface area contributed by atoms with Gasteiger partial charge in [0, 0.05) is 11.6 Å². The molecule has 0 radical (unpaired) electrons. The van der Waals surface area contributed by atoms with Crippen molar-refractivity contribution >= 4 is 10.8 Å². The fraction of sp³-hybridized carbons (Fsp3) is 0. The van der Waals surface area contributed by atoms with Gasteiger partial charge in [0.2, 0.25) is 0 Å². The minimum Gasteiger partial charge on any atom is -0.494 e. The van der Waals surface area contributed by atoms with Crippen LogP contribution in [-0.4, -0.2) is 15.2 Å². The minimum absolute atomic E-state index is 0.129. The third-order valence-electron chi connectivity index (χ3n) is 2.92. The van der Waals surface area contributed by atoms with Gasteiger partial charge < -0.3 is 10.2 Å². The molecule has 3 N–H and O–H groups in total. The molecule has 0 aliphatic carbocycles. The second-order valence-electron chi connectivity index (χ2n) is 4.09. The molecule has 0 spiro atoms. The molecule has 3 rings (SSSR count). The summed E-state index contributed by atoms with van der Waals surface area (Å²) in [6.45, 7) is 0. The van der Waals surface area contributed by atoms with E-state index >= 15 is 0 Å². The van der Waals surface area contributed by atoms with Crippen LogP contribution >= 0.6 is 0 Å². The van der Waals surface area contributed by atoms with E-state index in [9.17, 15) is 14.6 Å². The molecule has 1 heterocycles. The van der Waals surface area contributed by atoms with Gasteiger partial charge in [-0.1, -0.05) is 24.3 Å². The lowest BCUT2D eigenvalue weighted by Crippen LogP contribution is -1.82. The van der Waals surface area contributed by atoms with E-state index in [2.05, 4.69) is 4.98 Å². The first-order valence-electron chi connectivity index (χ1n) is 5.45. The van der Waals surface area contributed by atoms with Gasteiger partial charge in [0.15, 0.2) is 11.8 Å². The average molecular weight is 243 g/mol. The first kappa shape index (κ1) is 10.7. The molecule has 0 saturated heterocycles. The third-order valence-corrected chi connectivity index (χ3v) is 2.92. The molecule has 0 saturated carbocycles. The smallest absolute Gasteiger partial charge is 0.199 e. The highest BCUT2D eigenvalue weighted by atomic mass is 19.1. The molecule has 4 heteroatoms. The monoisotopic (exact) mass is 243 g/mol. The van der Waals surface area contributed by atoms with Gasteiger partial charge in [0.1, 0.15) is 5.82 Å². The fourth-order valence-electron chi connectivity index (χ4n) is 2.11. The number of aromatic nitrogens is 1. The molecule has 90 valence electrons. The van der Waals surface area contributed by atoms with Crippen molar-refractivity contribution in [3.63, 3.8) is 0 Å². The molecule has 0 atom stereocenters. The Morgan fingerprint density at radius 3 is 2.50 bits per heavy atom. The van der Waals surface area contributed by atoms with Gasteiger partial charge >= 0.3 is 0 Å². The molecule has 0 amide bonds. The summed E-state index contributed by atoms with van der Waals surface area (Å²) in [5.41, 5.74) is 1.12. The molecule has 18 heavy (non-hydrogen) atoms. The summed E-state index contributed by atoms with van der Waals surface area (Å²) >= 11 is 0. The predicted molar refractivity (Wildman–Crippen MR) is 67.0 cm³/mol. The van der Waals surface area contributed by atoms with E-state index < -0.39 is 0 Å². The van der Waals surface area contributed by atoms with Crippen LogP contribution in [-0.2, 0) is 0 Å². The van der Waals surface area contributed by atoms with Crippen LogP contribution in [0.3, 0.4) is 0 Å². The summed E-state index contributed by atoms with van der Waals surface area (Å²) in [6, 6.07) is 11.3. The fourth-order valence-corrected chi connectivity index (χ4v) is 2.11. The van der Waals surface area contributed by atoms with Crippen molar-refractivity contribution in [2.75, 3.05) is 0 Å². The molecule has 0 aliphatic heterocycles. The Morgan fingerprint density at radius 1 is 0.944 bits per heavy atom. The van der Waals surface area contributed by atoms with Crippen LogP contribution in [0.5, 0.6) is 11.8 Å². The van der Waals surface area contributed by atoms with E-state index in [0.29, 0.717) is 16.5 Å². The molecular formula is C14H10FNO2. The van der Waals surface area contributed by atoms with Crippen molar-refractivity contribution in [3.05, 3.63) is 48.3 Å². The summed E-state index contributed by atoms with van der Waals surface area (Å²) in [4.78, 5) is 2.40. The summed E-state index contributed by atoms with van der Waals surface area (Å²) in [6.07, 6.45) is 0. The van der Waals surface area contributed by atoms with E-state index in [1.54, 1.807) is 12.1 Å². The summed E-state index contributed by atoms with van der Waals surface area (Å²) in [5, 5.41) is 20.6. The van der Waals surface area contributed by atoms with Crippen molar-refractivity contribution in [2.45, 2.75) is 0 Å². The Labute approximate surface area is 102 Å². The molecule has 0 unspecified atom stereocenters. The standard InChI is InChI=1S/C14H10FNO2/c15-9-5-4-8-2-1-3-10(11(8)6-9)12-7-13(17)16-14(12)18/h1-7,16-18H. The van der Waals surface area contributed by atoms with Crippen LogP contribution in [0.2, 0.25) is 0 Å². The molecule has 0 bridgehead atoms. The number of aromatic hydroxyl groups is 2. The second kappa shape index (κ2) is 3.77. The van der Waals surface area contributed by atoms with Crippen molar-refractivity contribution in [3.8, 4) is 22.9 Å². The number of fused-ring (bicyclic) bond motifs is 1. The predicted octanol–water partition coefficient (Wildman–Crippen LogP) is 3.39. The third kappa shape index (κ3) is 1.59. The molecule has 0 aliphatic rings. The lowest BCUT2D eigenvalue weighted by molar-refractivity contribution is 0.426. The number of hydrogen-bond acceptors (Lipinski definition) is 2. The van der Waals surface area contributed by atoms with Gasteiger partial charge in [0.05, 0.1) is 0 Å². The maximum Gasteiger partial charge on any atom is 0.199 e. The largest absolute Gasteiger partial charge is 0.494 e. The first-order chi connectivity index (χ1) is 8.65. The van der Waals surface area contributed by atoms with E-state index in [4.69, 9.17) is 0 Å². The van der Waals surface area contributed by atoms with E-state index in [-0.39, 0.29) is 17.6 Å². The molecule has 0 fully saturated rings. The maximum absolute atomic E-state index is 13.3. The Hall–Kier alpha value is -2.49. The van der Waals surface area contributed by atoms with E-state index in [1.807, 2.05) is 12.1 Å². The van der Waals surface area contributed by atoms with Crippen molar-refractivity contribution < 1.29 is 14.6 Å². The maximum atomic E-state index is 13.3. The zero-order valence-corrected chi connectivity index (χ0v) is 9.31. The number of halogens is 1. The zero-order valence-electron chi connectivity index (χ0n) is 9.31.